The normalized spacial score (nSPS) is 10.4. The molecular weight excluding hydrogens is 376 g/mol. The standard InChI is InChI=1S/C22H27ClN2O3/c1-3-4-14-28-19-11-12-20(16(2)15-19)25-21(26)6-5-13-24-22(27)17-7-9-18(23)10-8-17/h7-12,15H,3-6,13-14H2,1-2H3,(H,24,27)(H,25,26). The first-order chi connectivity index (χ1) is 13.5. The van der Waals surface area contributed by atoms with Crippen molar-refractivity contribution >= 4 is 29.1 Å². The number of aryl methyl sites for hydroxylation is 1. The molecule has 2 rings (SSSR count). The number of carbonyl (C=O) groups excluding carboxylic acids is 2. The molecule has 0 radical (unpaired) electrons. The quantitative estimate of drug-likeness (QED) is 0.551. The summed E-state index contributed by atoms with van der Waals surface area (Å²) >= 11 is 5.81. The highest BCUT2D eigenvalue weighted by Crippen LogP contribution is 2.22. The molecule has 0 saturated carbocycles. The number of nitrogens with one attached hydrogen (secondary N) is 2. The molecule has 0 bridgehead atoms. The van der Waals surface area contributed by atoms with Crippen LogP contribution in [0.3, 0.4) is 0 Å². The Labute approximate surface area is 171 Å². The van der Waals surface area contributed by atoms with Crippen LogP contribution in [0.5, 0.6) is 5.75 Å². The van der Waals surface area contributed by atoms with Crippen molar-refractivity contribution in [1.29, 1.82) is 0 Å². The maximum absolute atomic E-state index is 12.1. The number of unbranched alkanes of at least 4 members (excludes halogenated alkanes) is 1. The summed E-state index contributed by atoms with van der Waals surface area (Å²) in [5, 5.41) is 6.30. The van der Waals surface area contributed by atoms with E-state index >= 15 is 0 Å². The molecule has 2 amide bonds. The molecule has 2 aromatic carbocycles. The first-order valence-corrected chi connectivity index (χ1v) is 9.94. The molecule has 0 aliphatic carbocycles. The summed E-state index contributed by atoms with van der Waals surface area (Å²) in [6.07, 6.45) is 3.00. The number of carbonyl (C=O) groups is 2. The molecule has 28 heavy (non-hydrogen) atoms. The molecule has 2 aromatic rings. The third-order valence-electron chi connectivity index (χ3n) is 4.21. The van der Waals surface area contributed by atoms with Gasteiger partial charge in [-0.15, -0.1) is 0 Å². The van der Waals surface area contributed by atoms with Crippen LogP contribution in [0.15, 0.2) is 42.5 Å². The van der Waals surface area contributed by atoms with Gasteiger partial charge in [-0.25, -0.2) is 0 Å². The second kappa shape index (κ2) is 11.3. The molecule has 6 heteroatoms. The number of benzene rings is 2. The second-order valence-electron chi connectivity index (χ2n) is 6.59. The molecule has 0 aliphatic rings. The first-order valence-electron chi connectivity index (χ1n) is 9.56. The molecule has 5 nitrogen and oxygen atoms in total. The highest BCUT2D eigenvalue weighted by atomic mass is 35.5. The summed E-state index contributed by atoms with van der Waals surface area (Å²) in [4.78, 5) is 24.1. The van der Waals surface area contributed by atoms with Gasteiger partial charge in [-0.1, -0.05) is 24.9 Å². The van der Waals surface area contributed by atoms with Crippen LogP contribution in [0.25, 0.3) is 0 Å². The largest absolute Gasteiger partial charge is 0.494 e. The minimum Gasteiger partial charge on any atom is -0.494 e. The Kier molecular flexibility index (Phi) is 8.82. The summed E-state index contributed by atoms with van der Waals surface area (Å²) in [7, 11) is 0. The Balaban J connectivity index is 1.72. The second-order valence-corrected chi connectivity index (χ2v) is 7.03. The Hall–Kier alpha value is -2.53. The molecule has 0 heterocycles. The van der Waals surface area contributed by atoms with Crippen LogP contribution < -0.4 is 15.4 Å². The molecule has 0 fully saturated rings. The SMILES string of the molecule is CCCCOc1ccc(NC(=O)CCCNC(=O)c2ccc(Cl)cc2)c(C)c1. The van der Waals surface area contributed by atoms with E-state index in [4.69, 9.17) is 16.3 Å². The van der Waals surface area contributed by atoms with Gasteiger partial charge in [0.15, 0.2) is 0 Å². The Bertz CT molecular complexity index is 791. The number of halogens is 1. The molecule has 0 atom stereocenters. The van der Waals surface area contributed by atoms with Crippen molar-refractivity contribution in [2.24, 2.45) is 0 Å². The molecule has 0 aromatic heterocycles. The van der Waals surface area contributed by atoms with E-state index in [1.165, 1.54) is 0 Å². The number of hydrogen-bond donors (Lipinski definition) is 2. The molecule has 0 aliphatic heterocycles. The number of rotatable bonds is 10. The summed E-state index contributed by atoms with van der Waals surface area (Å²) in [6, 6.07) is 12.3. The van der Waals surface area contributed by atoms with Gasteiger partial charge in [0.25, 0.3) is 5.91 Å². The highest BCUT2D eigenvalue weighted by Gasteiger charge is 2.08. The Morgan fingerprint density at radius 3 is 2.50 bits per heavy atom. The van der Waals surface area contributed by atoms with Gasteiger partial charge in [0.05, 0.1) is 6.61 Å². The van der Waals surface area contributed by atoms with Crippen molar-refractivity contribution in [3.8, 4) is 5.75 Å². The number of anilines is 1. The Morgan fingerprint density at radius 2 is 1.82 bits per heavy atom. The van der Waals surface area contributed by atoms with Crippen LogP contribution in [0.1, 0.15) is 48.5 Å². The third kappa shape index (κ3) is 7.24. The topological polar surface area (TPSA) is 67.4 Å². The van der Waals surface area contributed by atoms with Crippen LogP contribution in [-0.4, -0.2) is 25.0 Å². The van der Waals surface area contributed by atoms with Crippen molar-refractivity contribution in [2.75, 3.05) is 18.5 Å². The summed E-state index contributed by atoms with van der Waals surface area (Å²) in [5.74, 6) is 0.559. The lowest BCUT2D eigenvalue weighted by Crippen LogP contribution is -2.25. The fraction of sp³-hybridized carbons (Fsp3) is 0.364. The summed E-state index contributed by atoms with van der Waals surface area (Å²) < 4.78 is 5.67. The lowest BCUT2D eigenvalue weighted by Gasteiger charge is -2.11. The number of amides is 2. The number of hydrogen-bond acceptors (Lipinski definition) is 3. The van der Waals surface area contributed by atoms with Crippen molar-refractivity contribution in [3.63, 3.8) is 0 Å². The van der Waals surface area contributed by atoms with Gasteiger partial charge in [0, 0.05) is 29.2 Å². The van der Waals surface area contributed by atoms with E-state index in [2.05, 4.69) is 17.6 Å². The fourth-order valence-corrected chi connectivity index (χ4v) is 2.69. The van der Waals surface area contributed by atoms with Gasteiger partial charge in [-0.05, 0) is 67.8 Å². The van der Waals surface area contributed by atoms with Crippen LogP contribution in [-0.2, 0) is 4.79 Å². The average Bonchev–Trinajstić information content (AvgIpc) is 2.68. The zero-order valence-electron chi connectivity index (χ0n) is 16.4. The maximum atomic E-state index is 12.1. The van der Waals surface area contributed by atoms with E-state index in [-0.39, 0.29) is 11.8 Å². The van der Waals surface area contributed by atoms with Gasteiger partial charge in [-0.2, -0.15) is 0 Å². The maximum Gasteiger partial charge on any atom is 0.251 e. The van der Waals surface area contributed by atoms with Crippen LogP contribution in [0.2, 0.25) is 5.02 Å². The van der Waals surface area contributed by atoms with Crippen molar-refractivity contribution < 1.29 is 14.3 Å². The molecule has 0 unspecified atom stereocenters. The lowest BCUT2D eigenvalue weighted by molar-refractivity contribution is -0.116. The molecular formula is C22H27ClN2O3. The van der Waals surface area contributed by atoms with Crippen molar-refractivity contribution in [2.45, 2.75) is 39.5 Å². The van der Waals surface area contributed by atoms with Crippen LogP contribution in [0.4, 0.5) is 5.69 Å². The molecule has 2 N–H and O–H groups in total. The molecule has 0 spiro atoms. The Morgan fingerprint density at radius 1 is 1.07 bits per heavy atom. The van der Waals surface area contributed by atoms with Gasteiger partial charge >= 0.3 is 0 Å². The van der Waals surface area contributed by atoms with Crippen molar-refractivity contribution in [3.05, 3.63) is 58.6 Å². The van der Waals surface area contributed by atoms with E-state index in [0.29, 0.717) is 36.6 Å². The van der Waals surface area contributed by atoms with E-state index in [0.717, 1.165) is 29.8 Å². The van der Waals surface area contributed by atoms with Crippen LogP contribution in [0, 0.1) is 6.92 Å². The zero-order valence-corrected chi connectivity index (χ0v) is 17.1. The monoisotopic (exact) mass is 402 g/mol. The summed E-state index contributed by atoms with van der Waals surface area (Å²) in [5.41, 5.74) is 2.28. The average molecular weight is 403 g/mol. The van der Waals surface area contributed by atoms with E-state index in [1.54, 1.807) is 24.3 Å². The molecule has 0 saturated heterocycles. The van der Waals surface area contributed by atoms with E-state index in [1.807, 2.05) is 25.1 Å². The van der Waals surface area contributed by atoms with Gasteiger partial charge in [-0.3, -0.25) is 9.59 Å². The highest BCUT2D eigenvalue weighted by molar-refractivity contribution is 6.30. The van der Waals surface area contributed by atoms with Gasteiger partial charge < -0.3 is 15.4 Å². The van der Waals surface area contributed by atoms with Crippen LogP contribution >= 0.6 is 11.6 Å². The zero-order chi connectivity index (χ0) is 20.4. The van der Waals surface area contributed by atoms with E-state index in [9.17, 15) is 9.59 Å². The smallest absolute Gasteiger partial charge is 0.251 e. The fourth-order valence-electron chi connectivity index (χ4n) is 2.57. The predicted molar refractivity (Wildman–Crippen MR) is 113 cm³/mol. The lowest BCUT2D eigenvalue weighted by atomic mass is 10.1. The van der Waals surface area contributed by atoms with Gasteiger partial charge in [0.2, 0.25) is 5.91 Å². The minimum atomic E-state index is -0.174. The minimum absolute atomic E-state index is 0.0801. The predicted octanol–water partition coefficient (Wildman–Crippen LogP) is 4.98. The van der Waals surface area contributed by atoms with Gasteiger partial charge in [0.1, 0.15) is 5.75 Å². The van der Waals surface area contributed by atoms with E-state index < -0.39 is 0 Å². The third-order valence-corrected chi connectivity index (χ3v) is 4.46. The first kappa shape index (κ1) is 21.8. The molecule has 150 valence electrons. The number of ether oxygens (including phenoxy) is 1. The van der Waals surface area contributed by atoms with Crippen molar-refractivity contribution in [1.82, 2.24) is 5.32 Å². The summed E-state index contributed by atoms with van der Waals surface area (Å²) in [6.45, 7) is 5.19.